The monoisotopic (exact) mass is 294 g/mol. The summed E-state index contributed by atoms with van der Waals surface area (Å²) in [7, 11) is 0. The third-order valence-corrected chi connectivity index (χ3v) is 4.07. The molecule has 116 valence electrons. The Hall–Kier alpha value is -1.69. The first-order valence-electron chi connectivity index (χ1n) is 7.37. The predicted octanol–water partition coefficient (Wildman–Crippen LogP) is 1.61. The van der Waals surface area contributed by atoms with Crippen molar-refractivity contribution in [2.45, 2.75) is 39.0 Å². The molecule has 1 spiro atoms. The summed E-state index contributed by atoms with van der Waals surface area (Å²) in [5, 5.41) is 2.32. The van der Waals surface area contributed by atoms with Gasteiger partial charge in [-0.1, -0.05) is 31.4 Å². The summed E-state index contributed by atoms with van der Waals surface area (Å²) in [6.45, 7) is 6.36. The maximum absolute atomic E-state index is 12.6. The second-order valence-corrected chi connectivity index (χ2v) is 5.87. The fourth-order valence-electron chi connectivity index (χ4n) is 2.93. The molecular weight excluding hydrogens is 272 g/mol. The van der Waals surface area contributed by atoms with E-state index < -0.39 is 17.4 Å². The fraction of sp³-hybridized carbons (Fsp3) is 0.667. The van der Waals surface area contributed by atoms with E-state index in [1.54, 1.807) is 0 Å². The van der Waals surface area contributed by atoms with Gasteiger partial charge in [0.2, 0.25) is 11.8 Å². The van der Waals surface area contributed by atoms with Crippen molar-refractivity contribution in [3.63, 3.8) is 0 Å². The zero-order valence-corrected chi connectivity index (χ0v) is 12.4. The number of carbonyl (C=O) groups is 3. The highest BCUT2D eigenvalue weighted by Gasteiger charge is 2.53. The van der Waals surface area contributed by atoms with E-state index >= 15 is 0 Å². The molecule has 0 atom stereocenters. The molecular formula is C15H22N2O4. The molecule has 1 aliphatic heterocycles. The summed E-state index contributed by atoms with van der Waals surface area (Å²) in [4.78, 5) is 37.7. The number of nitrogens with zero attached hydrogens (tertiary/aromatic N) is 1. The molecule has 1 aliphatic carbocycles. The van der Waals surface area contributed by atoms with Crippen molar-refractivity contribution in [2.75, 3.05) is 19.8 Å². The molecule has 1 saturated heterocycles. The number of amides is 4. The number of rotatable bonds is 5. The summed E-state index contributed by atoms with van der Waals surface area (Å²) in [6, 6.07) is -0.639. The van der Waals surface area contributed by atoms with Gasteiger partial charge >= 0.3 is 6.03 Å². The minimum Gasteiger partial charge on any atom is -0.375 e. The Bertz CT molecular complexity index is 466. The van der Waals surface area contributed by atoms with Crippen molar-refractivity contribution < 1.29 is 19.1 Å². The molecule has 0 aromatic carbocycles. The lowest BCUT2D eigenvalue weighted by Crippen LogP contribution is -2.64. The van der Waals surface area contributed by atoms with E-state index in [4.69, 9.17) is 4.74 Å². The highest BCUT2D eigenvalue weighted by molar-refractivity contribution is 6.19. The largest absolute Gasteiger partial charge is 0.375 e. The second kappa shape index (κ2) is 6.39. The SMILES string of the molecule is C=C(C)COCCN1C(=O)NC(=O)C2(CCCCC2)C1=O. The number of ether oxygens (including phenoxy) is 1. The molecule has 6 nitrogen and oxygen atoms in total. The van der Waals surface area contributed by atoms with E-state index in [9.17, 15) is 14.4 Å². The van der Waals surface area contributed by atoms with Crippen LogP contribution in [0.1, 0.15) is 39.0 Å². The smallest absolute Gasteiger partial charge is 0.330 e. The molecule has 6 heteroatoms. The van der Waals surface area contributed by atoms with Gasteiger partial charge in [-0.3, -0.25) is 19.8 Å². The van der Waals surface area contributed by atoms with Gasteiger partial charge in [0.05, 0.1) is 19.8 Å². The third-order valence-electron chi connectivity index (χ3n) is 4.07. The van der Waals surface area contributed by atoms with Crippen LogP contribution in [-0.4, -0.2) is 42.5 Å². The number of hydrogen-bond donors (Lipinski definition) is 1. The van der Waals surface area contributed by atoms with Crippen LogP contribution in [0.2, 0.25) is 0 Å². The minimum atomic E-state index is -1.04. The first-order valence-corrected chi connectivity index (χ1v) is 7.37. The Balaban J connectivity index is 2.03. The maximum atomic E-state index is 12.6. The molecule has 1 saturated carbocycles. The Labute approximate surface area is 124 Å². The number of nitrogens with one attached hydrogen (secondary N) is 1. The topological polar surface area (TPSA) is 75.7 Å². The normalized spacial score (nSPS) is 21.6. The van der Waals surface area contributed by atoms with Gasteiger partial charge in [0, 0.05) is 0 Å². The standard InChI is InChI=1S/C15H22N2O4/c1-11(2)10-21-9-8-17-13(19)15(6-4-3-5-7-15)12(18)16-14(17)20/h1,3-10H2,2H3,(H,16,18,20). The quantitative estimate of drug-likeness (QED) is 0.475. The van der Waals surface area contributed by atoms with Crippen LogP contribution in [0.3, 0.4) is 0 Å². The highest BCUT2D eigenvalue weighted by Crippen LogP contribution is 2.40. The van der Waals surface area contributed by atoms with E-state index in [0.29, 0.717) is 19.4 Å². The van der Waals surface area contributed by atoms with Crippen LogP contribution in [0, 0.1) is 5.41 Å². The molecule has 0 aromatic heterocycles. The Kier molecular flexibility index (Phi) is 4.77. The van der Waals surface area contributed by atoms with Crippen molar-refractivity contribution in [3.8, 4) is 0 Å². The molecule has 2 aliphatic rings. The third kappa shape index (κ3) is 3.15. The number of hydrogen-bond acceptors (Lipinski definition) is 4. The zero-order valence-electron chi connectivity index (χ0n) is 12.4. The summed E-state index contributed by atoms with van der Waals surface area (Å²) >= 11 is 0. The van der Waals surface area contributed by atoms with Crippen molar-refractivity contribution in [1.29, 1.82) is 0 Å². The Morgan fingerprint density at radius 2 is 1.95 bits per heavy atom. The molecule has 1 N–H and O–H groups in total. The first kappa shape index (κ1) is 15.7. The summed E-state index contributed by atoms with van der Waals surface area (Å²) < 4.78 is 5.34. The summed E-state index contributed by atoms with van der Waals surface area (Å²) in [6.07, 6.45) is 3.75. The number of urea groups is 1. The lowest BCUT2D eigenvalue weighted by atomic mass is 9.71. The van der Waals surface area contributed by atoms with Gasteiger partial charge in [0.25, 0.3) is 0 Å². The van der Waals surface area contributed by atoms with Crippen LogP contribution in [-0.2, 0) is 14.3 Å². The van der Waals surface area contributed by atoms with E-state index in [1.807, 2.05) is 6.92 Å². The molecule has 21 heavy (non-hydrogen) atoms. The van der Waals surface area contributed by atoms with E-state index in [1.165, 1.54) is 0 Å². The van der Waals surface area contributed by atoms with Crippen molar-refractivity contribution >= 4 is 17.8 Å². The van der Waals surface area contributed by atoms with Gasteiger partial charge in [0.1, 0.15) is 5.41 Å². The van der Waals surface area contributed by atoms with Crippen LogP contribution in [0.4, 0.5) is 4.79 Å². The zero-order chi connectivity index (χ0) is 15.5. The van der Waals surface area contributed by atoms with Crippen LogP contribution >= 0.6 is 0 Å². The molecule has 0 unspecified atom stereocenters. The van der Waals surface area contributed by atoms with Gasteiger partial charge in [-0.05, 0) is 19.8 Å². The molecule has 0 bridgehead atoms. The van der Waals surface area contributed by atoms with Gasteiger partial charge in [-0.25, -0.2) is 4.79 Å². The molecule has 4 amide bonds. The first-order chi connectivity index (χ1) is 9.97. The fourth-order valence-corrected chi connectivity index (χ4v) is 2.93. The van der Waals surface area contributed by atoms with Crippen LogP contribution in [0.25, 0.3) is 0 Å². The van der Waals surface area contributed by atoms with Gasteiger partial charge in [-0.15, -0.1) is 0 Å². The Morgan fingerprint density at radius 1 is 1.29 bits per heavy atom. The van der Waals surface area contributed by atoms with Crippen LogP contribution in [0.5, 0.6) is 0 Å². The molecule has 0 radical (unpaired) electrons. The van der Waals surface area contributed by atoms with Gasteiger partial charge in [-0.2, -0.15) is 0 Å². The van der Waals surface area contributed by atoms with E-state index in [0.717, 1.165) is 29.7 Å². The molecule has 2 fully saturated rings. The number of imide groups is 2. The molecule has 2 rings (SSSR count). The predicted molar refractivity (Wildman–Crippen MR) is 76.4 cm³/mol. The summed E-state index contributed by atoms with van der Waals surface area (Å²) in [5.41, 5.74) is -0.163. The van der Waals surface area contributed by atoms with Gasteiger partial charge in [0.15, 0.2) is 0 Å². The Morgan fingerprint density at radius 3 is 2.57 bits per heavy atom. The number of barbiturate groups is 1. The average molecular weight is 294 g/mol. The molecule has 0 aromatic rings. The minimum absolute atomic E-state index is 0.160. The molecule has 1 heterocycles. The summed E-state index contributed by atoms with van der Waals surface area (Å²) in [5.74, 6) is -0.800. The maximum Gasteiger partial charge on any atom is 0.330 e. The highest BCUT2D eigenvalue weighted by atomic mass is 16.5. The van der Waals surface area contributed by atoms with Gasteiger partial charge < -0.3 is 4.74 Å². The van der Waals surface area contributed by atoms with E-state index in [-0.39, 0.29) is 19.1 Å². The van der Waals surface area contributed by atoms with E-state index in [2.05, 4.69) is 11.9 Å². The van der Waals surface area contributed by atoms with Crippen LogP contribution in [0.15, 0.2) is 12.2 Å². The lowest BCUT2D eigenvalue weighted by Gasteiger charge is -2.41. The van der Waals surface area contributed by atoms with Crippen molar-refractivity contribution in [1.82, 2.24) is 10.2 Å². The van der Waals surface area contributed by atoms with Crippen LogP contribution < -0.4 is 5.32 Å². The lowest BCUT2D eigenvalue weighted by molar-refractivity contribution is -0.154. The van der Waals surface area contributed by atoms with Crippen molar-refractivity contribution in [2.24, 2.45) is 5.41 Å². The second-order valence-electron chi connectivity index (χ2n) is 5.87. The van der Waals surface area contributed by atoms with Crippen molar-refractivity contribution in [3.05, 3.63) is 12.2 Å². The number of carbonyl (C=O) groups excluding carboxylic acids is 3. The average Bonchev–Trinajstić information content (AvgIpc) is 2.45.